The summed E-state index contributed by atoms with van der Waals surface area (Å²) in [6.45, 7) is 0. The van der Waals surface area contributed by atoms with E-state index in [2.05, 4.69) is 0 Å². The van der Waals surface area contributed by atoms with Gasteiger partial charge in [0.25, 0.3) is 0 Å². The summed E-state index contributed by atoms with van der Waals surface area (Å²) in [5.74, 6) is -4.28. The summed E-state index contributed by atoms with van der Waals surface area (Å²) in [5.41, 5.74) is -3.46. The average molecular weight is 279 g/mol. The van der Waals surface area contributed by atoms with Crippen molar-refractivity contribution in [3.8, 4) is 0 Å². The molecule has 8 heteroatoms. The maximum atomic E-state index is 12.9. The fourth-order valence-corrected chi connectivity index (χ4v) is 2.47. The molecule has 5 nitrogen and oxygen atoms in total. The van der Waals surface area contributed by atoms with Crippen molar-refractivity contribution in [3.63, 3.8) is 0 Å². The molecule has 2 aliphatic rings. The second-order valence-corrected chi connectivity index (χ2v) is 4.72. The number of hydrogen-bond donors (Lipinski definition) is 3. The van der Waals surface area contributed by atoms with Gasteiger partial charge >= 0.3 is 12.1 Å². The Morgan fingerprint density at radius 3 is 2.53 bits per heavy atom. The molecule has 0 aromatic carbocycles. The number of carbonyl (C=O) groups excluding carboxylic acids is 1. The van der Waals surface area contributed by atoms with Crippen molar-refractivity contribution in [2.24, 2.45) is 5.92 Å². The van der Waals surface area contributed by atoms with E-state index in [4.69, 9.17) is 5.11 Å². The molecule has 0 amide bonds. The van der Waals surface area contributed by atoms with Crippen LogP contribution in [0, 0.1) is 5.92 Å². The lowest BCUT2D eigenvalue weighted by atomic mass is 9.78. The molecular formula is C11H12F3NO4. The van der Waals surface area contributed by atoms with Gasteiger partial charge < -0.3 is 15.5 Å². The fourth-order valence-electron chi connectivity index (χ4n) is 2.47. The number of aliphatic hydroxyl groups is 1. The minimum atomic E-state index is -5.14. The maximum Gasteiger partial charge on any atom is 0.437 e. The molecule has 106 valence electrons. The van der Waals surface area contributed by atoms with Crippen molar-refractivity contribution in [3.05, 3.63) is 11.3 Å². The molecule has 3 N–H and O–H groups in total. The van der Waals surface area contributed by atoms with Crippen molar-refractivity contribution in [1.82, 2.24) is 5.32 Å². The van der Waals surface area contributed by atoms with Crippen LogP contribution >= 0.6 is 0 Å². The topological polar surface area (TPSA) is 86.6 Å². The third-order valence-electron chi connectivity index (χ3n) is 3.52. The van der Waals surface area contributed by atoms with E-state index in [1.807, 2.05) is 5.32 Å². The highest BCUT2D eigenvalue weighted by atomic mass is 19.4. The van der Waals surface area contributed by atoms with Crippen LogP contribution in [0.1, 0.15) is 25.7 Å². The number of carbonyl (C=O) groups is 2. The third-order valence-corrected chi connectivity index (χ3v) is 3.52. The Labute approximate surface area is 106 Å². The van der Waals surface area contributed by atoms with Crippen molar-refractivity contribution >= 4 is 11.8 Å². The fraction of sp³-hybridized carbons (Fsp3) is 0.636. The number of carboxylic acid groups (broad SMARTS) is 1. The molecule has 2 rings (SSSR count). The summed E-state index contributed by atoms with van der Waals surface area (Å²) in [4.78, 5) is 22.6. The zero-order chi connectivity index (χ0) is 14.4. The van der Waals surface area contributed by atoms with Crippen LogP contribution in [0.15, 0.2) is 11.3 Å². The smallest absolute Gasteiger partial charge is 0.437 e. The standard InChI is InChI=1S/C11H12F3NO4/c12-11(13,14)10(19)6(9(17)18)4-5-7(15-10)2-1-3-8(5)16/h6,15,19H,1-4H2,(H,17,18). The lowest BCUT2D eigenvalue weighted by Gasteiger charge is -2.42. The zero-order valence-corrected chi connectivity index (χ0v) is 9.75. The Bertz CT molecular complexity index is 471. The molecule has 0 radical (unpaired) electrons. The molecular weight excluding hydrogens is 267 g/mol. The van der Waals surface area contributed by atoms with E-state index in [-0.39, 0.29) is 29.9 Å². The maximum absolute atomic E-state index is 12.9. The molecule has 0 saturated heterocycles. The quantitative estimate of drug-likeness (QED) is 0.665. The van der Waals surface area contributed by atoms with Gasteiger partial charge in [0.2, 0.25) is 5.72 Å². The van der Waals surface area contributed by atoms with Gasteiger partial charge in [0.15, 0.2) is 5.78 Å². The van der Waals surface area contributed by atoms with Crippen LogP contribution in [0.5, 0.6) is 0 Å². The van der Waals surface area contributed by atoms with Crippen molar-refractivity contribution < 1.29 is 33.0 Å². The number of ketones is 1. The Kier molecular flexibility index (Phi) is 3.08. The third kappa shape index (κ3) is 2.09. The largest absolute Gasteiger partial charge is 0.481 e. The van der Waals surface area contributed by atoms with E-state index < -0.39 is 30.2 Å². The summed E-state index contributed by atoms with van der Waals surface area (Å²) >= 11 is 0. The lowest BCUT2D eigenvalue weighted by molar-refractivity contribution is -0.291. The molecule has 0 aromatic heterocycles. The second kappa shape index (κ2) is 4.22. The Balaban J connectivity index is 2.47. The van der Waals surface area contributed by atoms with Crippen LogP contribution in [-0.4, -0.2) is 33.9 Å². The molecule has 1 aliphatic carbocycles. The summed E-state index contributed by atoms with van der Waals surface area (Å²) in [6.07, 6.45) is -4.97. The summed E-state index contributed by atoms with van der Waals surface area (Å²) in [5, 5.41) is 20.4. The number of halogens is 3. The summed E-state index contributed by atoms with van der Waals surface area (Å²) in [7, 11) is 0. The first-order valence-electron chi connectivity index (χ1n) is 5.72. The molecule has 0 saturated carbocycles. The van der Waals surface area contributed by atoms with Crippen molar-refractivity contribution in [1.29, 1.82) is 0 Å². The Hall–Kier alpha value is -1.57. The lowest BCUT2D eigenvalue weighted by Crippen LogP contribution is -2.65. The van der Waals surface area contributed by atoms with Gasteiger partial charge in [-0.05, 0) is 19.3 Å². The number of nitrogens with one attached hydrogen (secondary N) is 1. The van der Waals surface area contributed by atoms with Gasteiger partial charge in [0.05, 0.1) is 0 Å². The molecule has 2 unspecified atom stereocenters. The van der Waals surface area contributed by atoms with E-state index in [1.54, 1.807) is 0 Å². The Morgan fingerprint density at radius 2 is 2.00 bits per heavy atom. The predicted octanol–water partition coefficient (Wildman–Crippen LogP) is 0.938. The van der Waals surface area contributed by atoms with E-state index >= 15 is 0 Å². The number of Topliss-reactive ketones (excluding diaryl/α,β-unsaturated/α-hetero) is 1. The first-order chi connectivity index (χ1) is 8.67. The zero-order valence-electron chi connectivity index (χ0n) is 9.75. The number of hydrogen-bond acceptors (Lipinski definition) is 4. The van der Waals surface area contributed by atoms with Crippen LogP contribution in [0.4, 0.5) is 13.2 Å². The number of allylic oxidation sites excluding steroid dienone is 2. The van der Waals surface area contributed by atoms with Crippen LogP contribution < -0.4 is 5.32 Å². The van der Waals surface area contributed by atoms with Gasteiger partial charge in [-0.1, -0.05) is 0 Å². The second-order valence-electron chi connectivity index (χ2n) is 4.72. The summed E-state index contributed by atoms with van der Waals surface area (Å²) < 4.78 is 38.7. The first kappa shape index (κ1) is 13.9. The number of aliphatic carboxylic acids is 1. The van der Waals surface area contributed by atoms with Gasteiger partial charge in [0, 0.05) is 17.7 Å². The van der Waals surface area contributed by atoms with Crippen LogP contribution in [0.3, 0.4) is 0 Å². The molecule has 1 heterocycles. The number of carboxylic acids is 1. The van der Waals surface area contributed by atoms with Gasteiger partial charge in [0.1, 0.15) is 5.92 Å². The van der Waals surface area contributed by atoms with E-state index in [0.29, 0.717) is 6.42 Å². The highest BCUT2D eigenvalue weighted by molar-refractivity contribution is 5.97. The highest BCUT2D eigenvalue weighted by Crippen LogP contribution is 2.43. The number of alkyl halides is 3. The van der Waals surface area contributed by atoms with E-state index in [9.17, 15) is 27.9 Å². The van der Waals surface area contributed by atoms with E-state index in [0.717, 1.165) is 0 Å². The Morgan fingerprint density at radius 1 is 1.37 bits per heavy atom. The predicted molar refractivity (Wildman–Crippen MR) is 55.8 cm³/mol. The SMILES string of the molecule is O=C1CCCC2=C1CC(C(=O)O)C(O)(C(F)(F)F)N2. The van der Waals surface area contributed by atoms with Crippen molar-refractivity contribution in [2.75, 3.05) is 0 Å². The molecule has 0 bridgehead atoms. The molecule has 19 heavy (non-hydrogen) atoms. The van der Waals surface area contributed by atoms with Crippen LogP contribution in [0.25, 0.3) is 0 Å². The monoisotopic (exact) mass is 279 g/mol. The van der Waals surface area contributed by atoms with Gasteiger partial charge in [-0.25, -0.2) is 0 Å². The minimum Gasteiger partial charge on any atom is -0.481 e. The summed E-state index contributed by atoms with van der Waals surface area (Å²) in [6, 6.07) is 0. The van der Waals surface area contributed by atoms with E-state index in [1.165, 1.54) is 0 Å². The van der Waals surface area contributed by atoms with Gasteiger partial charge in [-0.15, -0.1) is 0 Å². The minimum absolute atomic E-state index is 0.00794. The van der Waals surface area contributed by atoms with Crippen LogP contribution in [-0.2, 0) is 9.59 Å². The first-order valence-corrected chi connectivity index (χ1v) is 5.72. The normalized spacial score (nSPS) is 31.8. The molecule has 1 aliphatic heterocycles. The average Bonchev–Trinajstić information content (AvgIpc) is 2.26. The van der Waals surface area contributed by atoms with Crippen molar-refractivity contribution in [2.45, 2.75) is 37.6 Å². The number of rotatable bonds is 1. The molecule has 0 spiro atoms. The highest BCUT2D eigenvalue weighted by Gasteiger charge is 2.63. The van der Waals surface area contributed by atoms with Gasteiger partial charge in [-0.3, -0.25) is 9.59 Å². The molecule has 2 atom stereocenters. The van der Waals surface area contributed by atoms with Crippen LogP contribution in [0.2, 0.25) is 0 Å². The molecule has 0 aromatic rings. The molecule has 0 fully saturated rings. The van der Waals surface area contributed by atoms with Gasteiger partial charge in [-0.2, -0.15) is 13.2 Å².